The fourth-order valence-corrected chi connectivity index (χ4v) is 3.23. The summed E-state index contributed by atoms with van der Waals surface area (Å²) in [5.74, 6) is 0.550. The van der Waals surface area contributed by atoms with Crippen LogP contribution in [0.2, 0.25) is 0 Å². The molecule has 1 saturated heterocycles. The van der Waals surface area contributed by atoms with Gasteiger partial charge in [-0.1, -0.05) is 32.0 Å². The lowest BCUT2D eigenvalue weighted by atomic mass is 9.90. The zero-order valence-electron chi connectivity index (χ0n) is 12.8. The SMILES string of the molecule is CC(C)c1ccccc1N1CC(=O)NC(C)(C2CC2)C1=O. The molecule has 2 fully saturated rings. The Hall–Kier alpha value is -1.84. The van der Waals surface area contributed by atoms with Gasteiger partial charge in [-0.2, -0.15) is 0 Å². The topological polar surface area (TPSA) is 49.4 Å². The standard InChI is InChI=1S/C17H22N2O2/c1-11(2)13-6-4-5-7-14(13)19-10-15(20)18-17(3,16(19)21)12-8-9-12/h4-7,11-12H,8-10H2,1-3H3,(H,18,20). The van der Waals surface area contributed by atoms with Crippen LogP contribution in [-0.2, 0) is 9.59 Å². The van der Waals surface area contributed by atoms with Crippen molar-refractivity contribution < 1.29 is 9.59 Å². The number of nitrogens with zero attached hydrogens (tertiary/aromatic N) is 1. The minimum Gasteiger partial charge on any atom is -0.340 e. The molecule has 1 saturated carbocycles. The molecule has 4 heteroatoms. The maximum Gasteiger partial charge on any atom is 0.253 e. The van der Waals surface area contributed by atoms with Crippen LogP contribution < -0.4 is 10.2 Å². The summed E-state index contributed by atoms with van der Waals surface area (Å²) >= 11 is 0. The van der Waals surface area contributed by atoms with Crippen molar-refractivity contribution in [2.24, 2.45) is 5.92 Å². The van der Waals surface area contributed by atoms with Crippen LogP contribution in [-0.4, -0.2) is 23.9 Å². The lowest BCUT2D eigenvalue weighted by Crippen LogP contribution is -2.66. The van der Waals surface area contributed by atoms with Crippen molar-refractivity contribution in [2.45, 2.75) is 45.1 Å². The van der Waals surface area contributed by atoms with E-state index in [0.29, 0.717) is 5.92 Å². The van der Waals surface area contributed by atoms with E-state index in [9.17, 15) is 9.59 Å². The number of nitrogens with one attached hydrogen (secondary N) is 1. The summed E-state index contributed by atoms with van der Waals surface area (Å²) in [5.41, 5.74) is 1.25. The molecule has 0 bridgehead atoms. The van der Waals surface area contributed by atoms with Crippen LogP contribution in [0, 0.1) is 5.92 Å². The third-order valence-corrected chi connectivity index (χ3v) is 4.63. The third-order valence-electron chi connectivity index (χ3n) is 4.63. The van der Waals surface area contributed by atoms with Crippen molar-refractivity contribution in [3.8, 4) is 0 Å². The largest absolute Gasteiger partial charge is 0.340 e. The molecule has 0 radical (unpaired) electrons. The van der Waals surface area contributed by atoms with Gasteiger partial charge in [0.15, 0.2) is 0 Å². The smallest absolute Gasteiger partial charge is 0.253 e. The van der Waals surface area contributed by atoms with Crippen LogP contribution in [0.5, 0.6) is 0 Å². The number of anilines is 1. The monoisotopic (exact) mass is 286 g/mol. The molecule has 1 aromatic carbocycles. The molecular formula is C17H22N2O2. The second-order valence-electron chi connectivity index (χ2n) is 6.63. The molecule has 1 N–H and O–H groups in total. The predicted octanol–water partition coefficient (Wildman–Crippen LogP) is 2.44. The van der Waals surface area contributed by atoms with Crippen LogP contribution in [0.3, 0.4) is 0 Å². The van der Waals surface area contributed by atoms with E-state index in [-0.39, 0.29) is 24.3 Å². The van der Waals surface area contributed by atoms with Gasteiger partial charge in [-0.25, -0.2) is 0 Å². The normalized spacial score (nSPS) is 26.2. The van der Waals surface area contributed by atoms with Gasteiger partial charge in [0.05, 0.1) is 0 Å². The Balaban J connectivity index is 2.01. The summed E-state index contributed by atoms with van der Waals surface area (Å²) in [6, 6.07) is 7.89. The molecule has 1 aliphatic carbocycles. The maximum absolute atomic E-state index is 13.0. The van der Waals surface area contributed by atoms with Crippen LogP contribution in [0.1, 0.15) is 45.1 Å². The lowest BCUT2D eigenvalue weighted by Gasteiger charge is -2.41. The van der Waals surface area contributed by atoms with Crippen molar-refractivity contribution in [2.75, 3.05) is 11.4 Å². The minimum atomic E-state index is -0.737. The molecule has 1 unspecified atom stereocenters. The predicted molar refractivity (Wildman–Crippen MR) is 82.2 cm³/mol. The summed E-state index contributed by atoms with van der Waals surface area (Å²) in [7, 11) is 0. The summed E-state index contributed by atoms with van der Waals surface area (Å²) in [6.45, 7) is 6.20. The Labute approximate surface area is 125 Å². The molecule has 0 aromatic heterocycles. The van der Waals surface area contributed by atoms with Crippen molar-refractivity contribution >= 4 is 17.5 Å². The van der Waals surface area contributed by atoms with E-state index in [1.54, 1.807) is 4.90 Å². The number of para-hydroxylation sites is 1. The second-order valence-corrected chi connectivity index (χ2v) is 6.63. The van der Waals surface area contributed by atoms with E-state index in [2.05, 4.69) is 19.2 Å². The molecular weight excluding hydrogens is 264 g/mol. The first kappa shape index (κ1) is 14.1. The van der Waals surface area contributed by atoms with Crippen molar-refractivity contribution in [3.63, 3.8) is 0 Å². The molecule has 2 aliphatic rings. The first-order chi connectivity index (χ1) is 9.93. The van der Waals surface area contributed by atoms with Gasteiger partial charge in [-0.05, 0) is 43.2 Å². The van der Waals surface area contributed by atoms with Gasteiger partial charge in [0.25, 0.3) is 5.91 Å². The van der Waals surface area contributed by atoms with E-state index in [1.165, 1.54) is 0 Å². The van der Waals surface area contributed by atoms with Gasteiger partial charge in [0, 0.05) is 5.69 Å². The van der Waals surface area contributed by atoms with Crippen molar-refractivity contribution in [1.82, 2.24) is 5.32 Å². The molecule has 0 spiro atoms. The zero-order chi connectivity index (χ0) is 15.2. The van der Waals surface area contributed by atoms with Gasteiger partial charge in [-0.3, -0.25) is 9.59 Å². The number of hydrogen-bond donors (Lipinski definition) is 1. The first-order valence-corrected chi connectivity index (χ1v) is 7.65. The number of rotatable bonds is 3. The number of carbonyl (C=O) groups is 2. The molecule has 1 heterocycles. The fraction of sp³-hybridized carbons (Fsp3) is 0.529. The van der Waals surface area contributed by atoms with Crippen LogP contribution in [0.4, 0.5) is 5.69 Å². The molecule has 4 nitrogen and oxygen atoms in total. The van der Waals surface area contributed by atoms with E-state index in [4.69, 9.17) is 0 Å². The Morgan fingerprint density at radius 3 is 2.52 bits per heavy atom. The first-order valence-electron chi connectivity index (χ1n) is 7.65. The number of benzene rings is 1. The molecule has 1 aliphatic heterocycles. The molecule has 2 amide bonds. The highest BCUT2D eigenvalue weighted by Crippen LogP contribution is 2.42. The van der Waals surface area contributed by atoms with Crippen LogP contribution in [0.25, 0.3) is 0 Å². The number of piperazine rings is 1. The average molecular weight is 286 g/mol. The number of amides is 2. The highest BCUT2D eigenvalue weighted by molar-refractivity contribution is 6.09. The fourth-order valence-electron chi connectivity index (χ4n) is 3.23. The van der Waals surface area contributed by atoms with Crippen molar-refractivity contribution in [3.05, 3.63) is 29.8 Å². The molecule has 3 rings (SSSR count). The Morgan fingerprint density at radius 1 is 1.24 bits per heavy atom. The van der Waals surface area contributed by atoms with E-state index in [1.807, 2.05) is 31.2 Å². The Kier molecular flexibility index (Phi) is 3.27. The molecule has 112 valence electrons. The van der Waals surface area contributed by atoms with Gasteiger partial charge in [0.2, 0.25) is 5.91 Å². The van der Waals surface area contributed by atoms with Gasteiger partial charge in [-0.15, -0.1) is 0 Å². The lowest BCUT2D eigenvalue weighted by molar-refractivity contribution is -0.136. The Morgan fingerprint density at radius 2 is 1.90 bits per heavy atom. The number of carbonyl (C=O) groups excluding carboxylic acids is 2. The third kappa shape index (κ3) is 2.33. The second kappa shape index (κ2) is 4.86. The van der Waals surface area contributed by atoms with E-state index < -0.39 is 5.54 Å². The van der Waals surface area contributed by atoms with E-state index in [0.717, 1.165) is 24.1 Å². The van der Waals surface area contributed by atoms with Crippen LogP contribution in [0.15, 0.2) is 24.3 Å². The van der Waals surface area contributed by atoms with Gasteiger partial charge < -0.3 is 10.2 Å². The average Bonchev–Trinajstić information content (AvgIpc) is 3.27. The maximum atomic E-state index is 13.0. The highest BCUT2D eigenvalue weighted by atomic mass is 16.2. The molecule has 21 heavy (non-hydrogen) atoms. The summed E-state index contributed by atoms with van der Waals surface area (Å²) in [5, 5.41) is 2.92. The van der Waals surface area contributed by atoms with Gasteiger partial charge in [0.1, 0.15) is 12.1 Å². The summed E-state index contributed by atoms with van der Waals surface area (Å²) < 4.78 is 0. The highest BCUT2D eigenvalue weighted by Gasteiger charge is 2.53. The number of hydrogen-bond acceptors (Lipinski definition) is 2. The van der Waals surface area contributed by atoms with Crippen molar-refractivity contribution in [1.29, 1.82) is 0 Å². The summed E-state index contributed by atoms with van der Waals surface area (Å²) in [6.07, 6.45) is 2.03. The van der Waals surface area contributed by atoms with Crippen LogP contribution >= 0.6 is 0 Å². The summed E-state index contributed by atoms with van der Waals surface area (Å²) in [4.78, 5) is 26.8. The minimum absolute atomic E-state index is 0.0256. The van der Waals surface area contributed by atoms with E-state index >= 15 is 0 Å². The Bertz CT molecular complexity index is 592. The quantitative estimate of drug-likeness (QED) is 0.928. The molecule has 1 atom stereocenters. The molecule has 1 aromatic rings. The van der Waals surface area contributed by atoms with Gasteiger partial charge >= 0.3 is 0 Å². The zero-order valence-corrected chi connectivity index (χ0v) is 12.8.